The predicted molar refractivity (Wildman–Crippen MR) is 115 cm³/mol. The van der Waals surface area contributed by atoms with Crippen molar-refractivity contribution in [2.24, 2.45) is 0 Å². The molecule has 1 N–H and O–H groups in total. The summed E-state index contributed by atoms with van der Waals surface area (Å²) in [6.45, 7) is 2.04. The summed E-state index contributed by atoms with van der Waals surface area (Å²) in [6, 6.07) is 13.9. The van der Waals surface area contributed by atoms with Gasteiger partial charge in [0.15, 0.2) is 0 Å². The molecule has 0 radical (unpaired) electrons. The zero-order valence-electron chi connectivity index (χ0n) is 16.2. The molecule has 0 aliphatic carbocycles. The van der Waals surface area contributed by atoms with E-state index in [4.69, 9.17) is 16.3 Å². The Bertz CT molecular complexity index is 1030. The van der Waals surface area contributed by atoms with Gasteiger partial charge in [-0.2, -0.15) is 0 Å². The summed E-state index contributed by atoms with van der Waals surface area (Å²) in [4.78, 5) is 31.2. The Morgan fingerprint density at radius 2 is 1.90 bits per heavy atom. The van der Waals surface area contributed by atoms with Gasteiger partial charge in [-0.25, -0.2) is 4.98 Å². The van der Waals surface area contributed by atoms with Crippen LogP contribution < -0.4 is 10.1 Å². The lowest BCUT2D eigenvalue weighted by Crippen LogP contribution is -2.21. The highest BCUT2D eigenvalue weighted by Gasteiger charge is 2.17. The van der Waals surface area contributed by atoms with Crippen molar-refractivity contribution in [2.75, 3.05) is 19.4 Å². The number of thiazole rings is 1. The fourth-order valence-electron chi connectivity index (χ4n) is 2.58. The van der Waals surface area contributed by atoms with E-state index in [2.05, 4.69) is 10.3 Å². The molecule has 1 aromatic heterocycles. The lowest BCUT2D eigenvalue weighted by molar-refractivity contribution is 0.0827. The topological polar surface area (TPSA) is 71.5 Å². The molecule has 6 nitrogen and oxygen atoms in total. The minimum absolute atomic E-state index is 0.128. The maximum atomic E-state index is 12.7. The van der Waals surface area contributed by atoms with Crippen LogP contribution in [0.3, 0.4) is 0 Å². The molecule has 2 aromatic carbocycles. The lowest BCUT2D eigenvalue weighted by Gasteiger charge is -2.11. The molecule has 2 amide bonds. The summed E-state index contributed by atoms with van der Waals surface area (Å²) in [5.74, 6) is 0.277. The number of nitrogens with zero attached hydrogens (tertiary/aromatic N) is 2. The molecule has 29 heavy (non-hydrogen) atoms. The van der Waals surface area contributed by atoms with Crippen molar-refractivity contribution in [3.63, 3.8) is 0 Å². The molecular formula is C21H20ClN3O3S. The Balaban J connectivity index is 1.68. The average molecular weight is 430 g/mol. The predicted octanol–water partition coefficient (Wildman–Crippen LogP) is 4.64. The quantitative estimate of drug-likeness (QED) is 0.619. The molecule has 0 atom stereocenters. The molecule has 8 heteroatoms. The molecule has 0 bridgehead atoms. The smallest absolute Gasteiger partial charge is 0.267 e. The molecule has 0 saturated heterocycles. The summed E-state index contributed by atoms with van der Waals surface area (Å²) in [5, 5.41) is 4.16. The van der Waals surface area contributed by atoms with Crippen LogP contribution in [0.4, 0.5) is 5.69 Å². The number of hydrogen-bond donors (Lipinski definition) is 1. The van der Waals surface area contributed by atoms with Crippen LogP contribution in [-0.4, -0.2) is 35.8 Å². The molecule has 1 heterocycles. The van der Waals surface area contributed by atoms with Gasteiger partial charge in [0.05, 0.1) is 5.69 Å². The Morgan fingerprint density at radius 1 is 1.17 bits per heavy atom. The van der Waals surface area contributed by atoms with Crippen molar-refractivity contribution < 1.29 is 14.3 Å². The number of amides is 2. The Hall–Kier alpha value is -2.90. The van der Waals surface area contributed by atoms with Gasteiger partial charge in [0, 0.05) is 30.4 Å². The molecule has 150 valence electrons. The molecule has 0 saturated carbocycles. The van der Waals surface area contributed by atoms with Gasteiger partial charge in [-0.15, -0.1) is 11.3 Å². The highest BCUT2D eigenvalue weighted by Crippen LogP contribution is 2.23. The zero-order valence-corrected chi connectivity index (χ0v) is 17.8. The van der Waals surface area contributed by atoms with E-state index in [0.717, 1.165) is 0 Å². The molecule has 0 aliphatic rings. The van der Waals surface area contributed by atoms with Gasteiger partial charge in [-0.3, -0.25) is 9.59 Å². The number of halogens is 1. The van der Waals surface area contributed by atoms with Crippen LogP contribution in [0.2, 0.25) is 5.02 Å². The summed E-state index contributed by atoms with van der Waals surface area (Å²) >= 11 is 7.14. The number of benzene rings is 2. The van der Waals surface area contributed by atoms with Crippen molar-refractivity contribution in [1.82, 2.24) is 9.88 Å². The second-order valence-electron chi connectivity index (χ2n) is 6.50. The third kappa shape index (κ3) is 5.34. The van der Waals surface area contributed by atoms with Crippen LogP contribution in [-0.2, 0) is 6.61 Å². The van der Waals surface area contributed by atoms with E-state index in [1.807, 2.05) is 0 Å². The van der Waals surface area contributed by atoms with E-state index in [9.17, 15) is 9.59 Å². The number of rotatable bonds is 6. The van der Waals surface area contributed by atoms with Gasteiger partial charge in [-0.05, 0) is 49.4 Å². The largest absolute Gasteiger partial charge is 0.486 e. The van der Waals surface area contributed by atoms with Gasteiger partial charge in [0.2, 0.25) is 0 Å². The highest BCUT2D eigenvalue weighted by atomic mass is 35.5. The van der Waals surface area contributed by atoms with Gasteiger partial charge < -0.3 is 15.0 Å². The molecule has 0 aliphatic heterocycles. The molecular weight excluding hydrogens is 410 g/mol. The molecule has 0 spiro atoms. The second-order valence-corrected chi connectivity index (χ2v) is 8.02. The van der Waals surface area contributed by atoms with Crippen LogP contribution in [0, 0.1) is 6.92 Å². The summed E-state index contributed by atoms with van der Waals surface area (Å²) < 4.78 is 5.69. The van der Waals surface area contributed by atoms with Crippen molar-refractivity contribution >= 4 is 40.4 Å². The average Bonchev–Trinajstić information content (AvgIpc) is 3.08. The Morgan fingerprint density at radius 3 is 2.59 bits per heavy atom. The molecule has 0 unspecified atom stereocenters. The van der Waals surface area contributed by atoms with E-state index in [-0.39, 0.29) is 18.4 Å². The number of anilines is 1. The van der Waals surface area contributed by atoms with Crippen molar-refractivity contribution in [2.45, 2.75) is 13.5 Å². The van der Waals surface area contributed by atoms with Crippen LogP contribution >= 0.6 is 22.9 Å². The van der Waals surface area contributed by atoms with E-state index in [1.54, 1.807) is 69.6 Å². The van der Waals surface area contributed by atoms with Crippen molar-refractivity contribution in [3.05, 3.63) is 74.7 Å². The van der Waals surface area contributed by atoms with Crippen LogP contribution in [0.25, 0.3) is 0 Å². The first-order valence-electron chi connectivity index (χ1n) is 8.81. The van der Waals surface area contributed by atoms with Gasteiger partial charge in [0.1, 0.15) is 22.2 Å². The SMILES string of the molecule is Cc1nc(COc2ccc(Cl)cc2)sc1C(=O)Nc1cccc(C(=O)N(C)C)c1. The van der Waals surface area contributed by atoms with E-state index < -0.39 is 0 Å². The number of carbonyl (C=O) groups is 2. The standard InChI is InChI=1S/C21H20ClN3O3S/c1-13-19(29-18(23-13)12-28-17-9-7-15(22)8-10-17)20(26)24-16-6-4-5-14(11-16)21(27)25(2)3/h4-11H,12H2,1-3H3,(H,24,26). The minimum Gasteiger partial charge on any atom is -0.486 e. The first kappa shape index (κ1) is 20.8. The lowest BCUT2D eigenvalue weighted by atomic mass is 10.2. The fraction of sp³-hybridized carbons (Fsp3) is 0.190. The van der Waals surface area contributed by atoms with Crippen molar-refractivity contribution in [1.29, 1.82) is 0 Å². The van der Waals surface area contributed by atoms with E-state index >= 15 is 0 Å². The molecule has 3 aromatic rings. The van der Waals surface area contributed by atoms with Crippen LogP contribution in [0.1, 0.15) is 30.7 Å². The summed E-state index contributed by atoms with van der Waals surface area (Å²) in [5.41, 5.74) is 1.68. The first-order chi connectivity index (χ1) is 13.8. The van der Waals surface area contributed by atoms with Gasteiger partial charge >= 0.3 is 0 Å². The molecule has 3 rings (SSSR count). The normalized spacial score (nSPS) is 10.5. The number of ether oxygens (including phenoxy) is 1. The first-order valence-corrected chi connectivity index (χ1v) is 10.0. The zero-order chi connectivity index (χ0) is 21.0. The van der Waals surface area contributed by atoms with Gasteiger partial charge in [-0.1, -0.05) is 17.7 Å². The van der Waals surface area contributed by atoms with Crippen LogP contribution in [0.5, 0.6) is 5.75 Å². The maximum absolute atomic E-state index is 12.7. The summed E-state index contributed by atoms with van der Waals surface area (Å²) in [6.07, 6.45) is 0. The number of aromatic nitrogens is 1. The monoisotopic (exact) mass is 429 g/mol. The molecule has 0 fully saturated rings. The maximum Gasteiger partial charge on any atom is 0.267 e. The number of hydrogen-bond acceptors (Lipinski definition) is 5. The van der Waals surface area contributed by atoms with Gasteiger partial charge in [0.25, 0.3) is 11.8 Å². The Labute approximate surface area is 178 Å². The Kier molecular flexibility index (Phi) is 6.51. The number of carbonyl (C=O) groups excluding carboxylic acids is 2. The van der Waals surface area contributed by atoms with Crippen molar-refractivity contribution in [3.8, 4) is 5.75 Å². The second kappa shape index (κ2) is 9.07. The van der Waals surface area contributed by atoms with Crippen LogP contribution in [0.15, 0.2) is 48.5 Å². The number of nitrogens with one attached hydrogen (secondary N) is 1. The van der Waals surface area contributed by atoms with E-state index in [1.165, 1.54) is 16.2 Å². The highest BCUT2D eigenvalue weighted by molar-refractivity contribution is 7.13. The van der Waals surface area contributed by atoms with E-state index in [0.29, 0.717) is 37.6 Å². The third-order valence-electron chi connectivity index (χ3n) is 4.00. The number of aryl methyl sites for hydroxylation is 1. The fourth-order valence-corrected chi connectivity index (χ4v) is 3.58. The summed E-state index contributed by atoms with van der Waals surface area (Å²) in [7, 11) is 3.36. The third-order valence-corrected chi connectivity index (χ3v) is 5.38. The minimum atomic E-state index is -0.271.